The second-order valence-electron chi connectivity index (χ2n) is 5.57. The van der Waals surface area contributed by atoms with Gasteiger partial charge in [-0.15, -0.1) is 0 Å². The Morgan fingerprint density at radius 2 is 2.06 bits per heavy atom. The van der Waals surface area contributed by atoms with Crippen molar-refractivity contribution in [1.29, 1.82) is 0 Å². The Bertz CT molecular complexity index is 427. The first-order chi connectivity index (χ1) is 8.40. The lowest BCUT2D eigenvalue weighted by atomic mass is 9.95. The predicted octanol–water partition coefficient (Wildman–Crippen LogP) is 3.77. The molecule has 1 N–H and O–H groups in total. The van der Waals surface area contributed by atoms with Crippen molar-refractivity contribution < 1.29 is 4.79 Å². The van der Waals surface area contributed by atoms with Crippen LogP contribution in [-0.4, -0.2) is 5.91 Å². The van der Waals surface area contributed by atoms with Gasteiger partial charge in [0.05, 0.1) is 0 Å². The lowest BCUT2D eigenvalue weighted by Gasteiger charge is -2.11. The molecule has 0 atom stereocenters. The molecule has 18 heavy (non-hydrogen) atoms. The van der Waals surface area contributed by atoms with Crippen molar-refractivity contribution >= 4 is 12.0 Å². The molecule has 1 aromatic carbocycles. The monoisotopic (exact) mass is 245 g/mol. The Balaban J connectivity index is 2.68. The molecule has 0 fully saturated rings. The molecule has 2 heteroatoms. The molecule has 0 saturated carbocycles. The highest BCUT2D eigenvalue weighted by Crippen LogP contribution is 2.17. The summed E-state index contributed by atoms with van der Waals surface area (Å²) in [6.07, 6.45) is 4.85. The average molecular weight is 245 g/mol. The number of rotatable bonds is 4. The van der Waals surface area contributed by atoms with Crippen LogP contribution in [0.25, 0.3) is 6.08 Å². The lowest BCUT2D eigenvalue weighted by molar-refractivity contribution is -0.120. The predicted molar refractivity (Wildman–Crippen MR) is 77.1 cm³/mol. The average Bonchev–Trinajstić information content (AvgIpc) is 2.33. The maximum absolute atomic E-state index is 11.2. The van der Waals surface area contributed by atoms with Crippen LogP contribution >= 0.6 is 0 Å². The fourth-order valence-electron chi connectivity index (χ4n) is 1.48. The van der Waals surface area contributed by atoms with E-state index in [0.717, 1.165) is 5.56 Å². The maximum Gasteiger partial charge on any atom is 0.219 e. The van der Waals surface area contributed by atoms with Crippen molar-refractivity contribution in [2.75, 3.05) is 0 Å². The van der Waals surface area contributed by atoms with Crippen LogP contribution in [0.5, 0.6) is 0 Å². The molecule has 0 aromatic heterocycles. The van der Waals surface area contributed by atoms with Gasteiger partial charge in [0.15, 0.2) is 0 Å². The standard InChI is InChI=1S/C16H23NO/c1-5-15(18)17-12-14-8-6-7-13(11-14)9-10-16(2,3)4/h6-11H,5,12H2,1-4H3,(H,17,18). The molecule has 0 saturated heterocycles. The van der Waals surface area contributed by atoms with Gasteiger partial charge in [-0.2, -0.15) is 0 Å². The second-order valence-corrected chi connectivity index (χ2v) is 5.57. The highest BCUT2D eigenvalue weighted by Gasteiger charge is 2.03. The van der Waals surface area contributed by atoms with Gasteiger partial charge in [-0.25, -0.2) is 0 Å². The summed E-state index contributed by atoms with van der Waals surface area (Å²) in [6.45, 7) is 8.99. The summed E-state index contributed by atoms with van der Waals surface area (Å²) in [4.78, 5) is 11.2. The van der Waals surface area contributed by atoms with Crippen LogP contribution in [0.4, 0.5) is 0 Å². The van der Waals surface area contributed by atoms with E-state index in [1.54, 1.807) is 0 Å². The number of nitrogens with one attached hydrogen (secondary N) is 1. The summed E-state index contributed by atoms with van der Waals surface area (Å²) < 4.78 is 0. The number of hydrogen-bond donors (Lipinski definition) is 1. The van der Waals surface area contributed by atoms with Crippen molar-refractivity contribution in [3.63, 3.8) is 0 Å². The third-order valence-electron chi connectivity index (χ3n) is 2.54. The second kappa shape index (κ2) is 6.39. The zero-order valence-corrected chi connectivity index (χ0v) is 11.8. The van der Waals surface area contributed by atoms with Crippen molar-refractivity contribution in [2.45, 2.75) is 40.7 Å². The van der Waals surface area contributed by atoms with Crippen LogP contribution in [0.2, 0.25) is 0 Å². The largest absolute Gasteiger partial charge is 0.352 e. The first-order valence-electron chi connectivity index (χ1n) is 6.45. The molecular formula is C16H23NO. The van der Waals surface area contributed by atoms with Crippen molar-refractivity contribution in [1.82, 2.24) is 5.32 Å². The number of carbonyl (C=O) groups is 1. The first-order valence-corrected chi connectivity index (χ1v) is 6.45. The van der Waals surface area contributed by atoms with E-state index < -0.39 is 0 Å². The van der Waals surface area contributed by atoms with Gasteiger partial charge < -0.3 is 5.32 Å². The van der Waals surface area contributed by atoms with Crippen LogP contribution in [0.3, 0.4) is 0 Å². The third-order valence-corrected chi connectivity index (χ3v) is 2.54. The Labute approximate surface area is 110 Å². The van der Waals surface area contributed by atoms with Gasteiger partial charge in [0, 0.05) is 13.0 Å². The zero-order valence-electron chi connectivity index (χ0n) is 11.8. The van der Waals surface area contributed by atoms with E-state index in [1.165, 1.54) is 5.56 Å². The molecule has 0 spiro atoms. The van der Waals surface area contributed by atoms with E-state index in [2.05, 4.69) is 50.4 Å². The third kappa shape index (κ3) is 5.67. The number of benzene rings is 1. The minimum atomic E-state index is 0.0886. The molecule has 1 amide bonds. The fourth-order valence-corrected chi connectivity index (χ4v) is 1.48. The van der Waals surface area contributed by atoms with Crippen LogP contribution in [-0.2, 0) is 11.3 Å². The number of hydrogen-bond acceptors (Lipinski definition) is 1. The van der Waals surface area contributed by atoms with E-state index in [1.807, 2.05) is 19.1 Å². The highest BCUT2D eigenvalue weighted by atomic mass is 16.1. The quantitative estimate of drug-likeness (QED) is 0.859. The summed E-state index contributed by atoms with van der Waals surface area (Å²) in [7, 11) is 0. The number of amides is 1. The maximum atomic E-state index is 11.2. The molecule has 1 rings (SSSR count). The van der Waals surface area contributed by atoms with E-state index in [9.17, 15) is 4.79 Å². The Morgan fingerprint density at radius 3 is 2.67 bits per heavy atom. The summed E-state index contributed by atoms with van der Waals surface area (Å²) >= 11 is 0. The molecule has 2 nitrogen and oxygen atoms in total. The zero-order chi connectivity index (χ0) is 13.6. The van der Waals surface area contributed by atoms with Gasteiger partial charge in [-0.1, -0.05) is 58.0 Å². The Kier molecular flexibility index (Phi) is 5.14. The van der Waals surface area contributed by atoms with Crippen LogP contribution in [0.15, 0.2) is 30.3 Å². The van der Waals surface area contributed by atoms with Crippen molar-refractivity contribution in [3.8, 4) is 0 Å². The number of allylic oxidation sites excluding steroid dienone is 1. The molecule has 0 radical (unpaired) electrons. The van der Waals surface area contributed by atoms with Gasteiger partial charge >= 0.3 is 0 Å². The first kappa shape index (κ1) is 14.5. The van der Waals surface area contributed by atoms with Gasteiger partial charge in [0.2, 0.25) is 5.91 Å². The number of carbonyl (C=O) groups excluding carboxylic acids is 1. The minimum Gasteiger partial charge on any atom is -0.352 e. The van der Waals surface area contributed by atoms with E-state index in [4.69, 9.17) is 0 Å². The molecule has 0 bridgehead atoms. The molecule has 98 valence electrons. The van der Waals surface area contributed by atoms with Crippen LogP contribution < -0.4 is 5.32 Å². The topological polar surface area (TPSA) is 29.1 Å². The van der Waals surface area contributed by atoms with E-state index in [0.29, 0.717) is 13.0 Å². The van der Waals surface area contributed by atoms with Gasteiger partial charge in [-0.3, -0.25) is 4.79 Å². The summed E-state index contributed by atoms with van der Waals surface area (Å²) in [6, 6.07) is 8.24. The Hall–Kier alpha value is -1.57. The highest BCUT2D eigenvalue weighted by molar-refractivity contribution is 5.75. The summed E-state index contributed by atoms with van der Waals surface area (Å²) in [5.74, 6) is 0.0886. The molecule has 0 heterocycles. The molecule has 0 aliphatic heterocycles. The van der Waals surface area contributed by atoms with Crippen molar-refractivity contribution in [2.24, 2.45) is 5.41 Å². The smallest absolute Gasteiger partial charge is 0.219 e. The van der Waals surface area contributed by atoms with Crippen molar-refractivity contribution in [3.05, 3.63) is 41.5 Å². The molecule has 1 aromatic rings. The van der Waals surface area contributed by atoms with E-state index in [-0.39, 0.29) is 11.3 Å². The SMILES string of the molecule is CCC(=O)NCc1cccc(C=CC(C)(C)C)c1. The summed E-state index contributed by atoms with van der Waals surface area (Å²) in [5, 5.41) is 2.89. The van der Waals surface area contributed by atoms with Gasteiger partial charge in [0.25, 0.3) is 0 Å². The summed E-state index contributed by atoms with van der Waals surface area (Å²) in [5.41, 5.74) is 2.49. The molecule has 0 aliphatic rings. The van der Waals surface area contributed by atoms with E-state index >= 15 is 0 Å². The lowest BCUT2D eigenvalue weighted by Crippen LogP contribution is -2.21. The van der Waals surface area contributed by atoms with Gasteiger partial charge in [0.1, 0.15) is 0 Å². The Morgan fingerprint density at radius 1 is 1.33 bits per heavy atom. The normalized spacial score (nSPS) is 11.8. The van der Waals surface area contributed by atoms with Gasteiger partial charge in [-0.05, 0) is 22.6 Å². The fraction of sp³-hybridized carbons (Fsp3) is 0.438. The minimum absolute atomic E-state index is 0.0886. The molecular weight excluding hydrogens is 222 g/mol. The van der Waals surface area contributed by atoms with Crippen LogP contribution in [0.1, 0.15) is 45.2 Å². The van der Waals surface area contributed by atoms with Crippen LogP contribution in [0, 0.1) is 5.41 Å². The molecule has 0 aliphatic carbocycles. The molecule has 0 unspecified atom stereocenters.